The summed E-state index contributed by atoms with van der Waals surface area (Å²) in [4.78, 5) is 15.2. The number of amides is 1. The van der Waals surface area contributed by atoms with E-state index in [2.05, 4.69) is 10.2 Å². The highest BCUT2D eigenvalue weighted by Crippen LogP contribution is 2.45. The van der Waals surface area contributed by atoms with Crippen LogP contribution in [0.5, 0.6) is 5.75 Å². The van der Waals surface area contributed by atoms with Crippen LogP contribution in [-0.4, -0.2) is 47.4 Å². The molecular weight excluding hydrogens is 437 g/mol. The second kappa shape index (κ2) is 8.19. The van der Waals surface area contributed by atoms with E-state index in [0.717, 1.165) is 47.6 Å². The average Bonchev–Trinajstić information content (AvgIpc) is 3.49. The molecule has 5 rings (SSSR count). The van der Waals surface area contributed by atoms with Crippen LogP contribution in [0, 0.1) is 0 Å². The van der Waals surface area contributed by atoms with Crippen molar-refractivity contribution in [3.8, 4) is 17.0 Å². The maximum Gasteiger partial charge on any atom is 0.273 e. The molecule has 2 aliphatic heterocycles. The van der Waals surface area contributed by atoms with Gasteiger partial charge in [0.2, 0.25) is 0 Å². The van der Waals surface area contributed by atoms with Crippen LogP contribution in [0.15, 0.2) is 42.5 Å². The van der Waals surface area contributed by atoms with Gasteiger partial charge in [0.1, 0.15) is 11.4 Å². The van der Waals surface area contributed by atoms with Crippen molar-refractivity contribution in [3.63, 3.8) is 0 Å². The van der Waals surface area contributed by atoms with Gasteiger partial charge in [0, 0.05) is 34.3 Å². The Morgan fingerprint density at radius 1 is 1.23 bits per heavy atom. The van der Waals surface area contributed by atoms with Gasteiger partial charge in [0.05, 0.1) is 24.9 Å². The number of aromatic amines is 1. The lowest BCUT2D eigenvalue weighted by molar-refractivity contribution is 0.0495. The first-order chi connectivity index (χ1) is 15.1. The summed E-state index contributed by atoms with van der Waals surface area (Å²) in [7, 11) is 1.63. The maximum atomic E-state index is 13.4. The Kier molecular flexibility index (Phi) is 5.38. The molecule has 31 heavy (non-hydrogen) atoms. The summed E-state index contributed by atoms with van der Waals surface area (Å²) >= 11 is 12.8. The molecule has 0 spiro atoms. The van der Waals surface area contributed by atoms with E-state index in [9.17, 15) is 4.79 Å². The highest BCUT2D eigenvalue weighted by molar-refractivity contribution is 6.35. The predicted octanol–water partition coefficient (Wildman–Crippen LogP) is 5.12. The highest BCUT2D eigenvalue weighted by atomic mass is 35.5. The molecule has 3 heterocycles. The second-order valence-corrected chi connectivity index (χ2v) is 8.59. The van der Waals surface area contributed by atoms with Crippen molar-refractivity contribution < 1.29 is 14.3 Å². The Balaban J connectivity index is 1.63. The van der Waals surface area contributed by atoms with Gasteiger partial charge < -0.3 is 14.4 Å². The first-order valence-corrected chi connectivity index (χ1v) is 10.9. The molecule has 2 atom stereocenters. The second-order valence-electron chi connectivity index (χ2n) is 7.75. The SMILES string of the molecule is COc1ccc(-c2n[nH]c3c2C(c2ccc(Cl)cc2Cl)N(CC2CCCO2)C3=O)cc1. The molecule has 2 unspecified atom stereocenters. The lowest BCUT2D eigenvalue weighted by Gasteiger charge is -2.29. The van der Waals surface area contributed by atoms with E-state index in [4.69, 9.17) is 32.7 Å². The standard InChI is InChI=1S/C23H21Cl2N3O3/c1-30-15-7-4-13(5-8-15)20-19-21(27-26-20)23(29)28(12-16-3-2-10-31-16)22(19)17-9-6-14(24)11-18(17)25/h4-9,11,16,22H,2-3,10,12H2,1H3,(H,26,27). The van der Waals surface area contributed by atoms with Crippen LogP contribution in [-0.2, 0) is 4.74 Å². The largest absolute Gasteiger partial charge is 0.497 e. The van der Waals surface area contributed by atoms with Gasteiger partial charge in [-0.05, 0) is 54.8 Å². The average molecular weight is 458 g/mol. The fourth-order valence-electron chi connectivity index (χ4n) is 4.41. The Labute approximate surface area is 190 Å². The number of rotatable bonds is 5. The fourth-order valence-corrected chi connectivity index (χ4v) is 4.92. The molecule has 0 aliphatic carbocycles. The third-order valence-corrected chi connectivity index (χ3v) is 6.47. The molecule has 6 nitrogen and oxygen atoms in total. The van der Waals surface area contributed by atoms with Crippen molar-refractivity contribution in [3.05, 3.63) is 69.3 Å². The molecule has 1 fully saturated rings. The number of nitrogens with one attached hydrogen (secondary N) is 1. The van der Waals surface area contributed by atoms with Crippen molar-refractivity contribution in [2.75, 3.05) is 20.3 Å². The predicted molar refractivity (Wildman–Crippen MR) is 119 cm³/mol. The zero-order chi connectivity index (χ0) is 21.5. The van der Waals surface area contributed by atoms with Crippen LogP contribution in [0.1, 0.15) is 40.5 Å². The van der Waals surface area contributed by atoms with Crippen LogP contribution in [0.2, 0.25) is 10.0 Å². The molecule has 0 saturated carbocycles. The number of ether oxygens (including phenoxy) is 2. The first kappa shape index (κ1) is 20.4. The summed E-state index contributed by atoms with van der Waals surface area (Å²) in [5.41, 5.74) is 3.72. The Bertz CT molecular complexity index is 1120. The number of halogens is 2. The Morgan fingerprint density at radius 2 is 2.03 bits per heavy atom. The molecule has 2 aromatic carbocycles. The summed E-state index contributed by atoms with van der Waals surface area (Å²) in [5, 5.41) is 8.51. The number of carbonyl (C=O) groups excluding carboxylic acids is 1. The van der Waals surface area contributed by atoms with Crippen molar-refractivity contribution >= 4 is 29.1 Å². The first-order valence-electron chi connectivity index (χ1n) is 10.2. The summed E-state index contributed by atoms with van der Waals surface area (Å²) in [5.74, 6) is 0.651. The van der Waals surface area contributed by atoms with Crippen molar-refractivity contribution in [2.24, 2.45) is 0 Å². The molecular formula is C23H21Cl2N3O3. The number of methoxy groups -OCH3 is 1. The van der Waals surface area contributed by atoms with Gasteiger partial charge in [0.15, 0.2) is 0 Å². The number of nitrogens with zero attached hydrogens (tertiary/aromatic N) is 2. The fraction of sp³-hybridized carbons (Fsp3) is 0.304. The minimum atomic E-state index is -0.382. The highest BCUT2D eigenvalue weighted by Gasteiger charge is 2.44. The van der Waals surface area contributed by atoms with Crippen molar-refractivity contribution in [2.45, 2.75) is 25.0 Å². The van der Waals surface area contributed by atoms with Crippen LogP contribution in [0.4, 0.5) is 0 Å². The van der Waals surface area contributed by atoms with Gasteiger partial charge in [0.25, 0.3) is 5.91 Å². The molecule has 1 aromatic heterocycles. The minimum absolute atomic E-state index is 0.0129. The number of hydrogen-bond acceptors (Lipinski definition) is 4. The van der Waals surface area contributed by atoms with E-state index < -0.39 is 0 Å². The normalized spacial score (nSPS) is 20.4. The Hall–Kier alpha value is -2.54. The van der Waals surface area contributed by atoms with Crippen LogP contribution in [0.3, 0.4) is 0 Å². The molecule has 8 heteroatoms. The number of H-pyrrole nitrogens is 1. The zero-order valence-electron chi connectivity index (χ0n) is 16.9. The molecule has 2 aliphatic rings. The summed E-state index contributed by atoms with van der Waals surface area (Å²) in [6.07, 6.45) is 1.95. The van der Waals surface area contributed by atoms with Gasteiger partial charge in [-0.15, -0.1) is 0 Å². The van der Waals surface area contributed by atoms with Crippen molar-refractivity contribution in [1.29, 1.82) is 0 Å². The molecule has 1 amide bonds. The quantitative estimate of drug-likeness (QED) is 0.577. The lowest BCUT2D eigenvalue weighted by atomic mass is 9.95. The molecule has 160 valence electrons. The van der Waals surface area contributed by atoms with Gasteiger partial charge >= 0.3 is 0 Å². The van der Waals surface area contributed by atoms with Crippen molar-refractivity contribution in [1.82, 2.24) is 15.1 Å². The summed E-state index contributed by atoms with van der Waals surface area (Å²) < 4.78 is 11.1. The lowest BCUT2D eigenvalue weighted by Crippen LogP contribution is -2.36. The maximum absolute atomic E-state index is 13.4. The van der Waals surface area contributed by atoms with Gasteiger partial charge in [-0.25, -0.2) is 0 Å². The molecule has 0 radical (unpaired) electrons. The topological polar surface area (TPSA) is 67.4 Å². The minimum Gasteiger partial charge on any atom is -0.497 e. The number of benzene rings is 2. The number of hydrogen-bond donors (Lipinski definition) is 1. The van der Waals surface area contributed by atoms with Gasteiger partial charge in [-0.1, -0.05) is 29.3 Å². The third-order valence-electron chi connectivity index (χ3n) is 5.91. The van der Waals surface area contributed by atoms with Crippen LogP contribution >= 0.6 is 23.2 Å². The number of carbonyl (C=O) groups is 1. The van der Waals surface area contributed by atoms with E-state index in [1.807, 2.05) is 35.2 Å². The summed E-state index contributed by atoms with van der Waals surface area (Å²) in [6.45, 7) is 1.22. The summed E-state index contributed by atoms with van der Waals surface area (Å²) in [6, 6.07) is 12.6. The number of aromatic nitrogens is 2. The van der Waals surface area contributed by atoms with Crippen LogP contribution in [0.25, 0.3) is 11.3 Å². The zero-order valence-corrected chi connectivity index (χ0v) is 18.4. The molecule has 0 bridgehead atoms. The Morgan fingerprint density at radius 3 is 2.71 bits per heavy atom. The molecule has 1 N–H and O–H groups in total. The van der Waals surface area contributed by atoms with Gasteiger partial charge in [-0.2, -0.15) is 5.10 Å². The van der Waals surface area contributed by atoms with Crippen LogP contribution < -0.4 is 4.74 Å². The third kappa shape index (κ3) is 3.59. The van der Waals surface area contributed by atoms with E-state index in [1.54, 1.807) is 19.2 Å². The van der Waals surface area contributed by atoms with E-state index in [1.165, 1.54) is 0 Å². The van der Waals surface area contributed by atoms with Gasteiger partial charge in [-0.3, -0.25) is 9.89 Å². The van der Waals surface area contributed by atoms with E-state index in [0.29, 0.717) is 22.3 Å². The van der Waals surface area contributed by atoms with E-state index >= 15 is 0 Å². The molecule has 3 aromatic rings. The molecule has 1 saturated heterocycles. The van der Waals surface area contributed by atoms with E-state index in [-0.39, 0.29) is 18.1 Å². The smallest absolute Gasteiger partial charge is 0.273 e. The number of fused-ring (bicyclic) bond motifs is 1. The monoisotopic (exact) mass is 457 g/mol.